The number of morpholine rings is 1. The first-order chi connectivity index (χ1) is 16.9. The van der Waals surface area contributed by atoms with Crippen LogP contribution in [0.15, 0.2) is 12.1 Å². The van der Waals surface area contributed by atoms with Crippen LogP contribution in [0.25, 0.3) is 10.2 Å². The Bertz CT molecular complexity index is 1300. The third kappa shape index (κ3) is 5.86. The van der Waals surface area contributed by atoms with E-state index in [0.717, 1.165) is 13.1 Å². The lowest BCUT2D eigenvalue weighted by Crippen LogP contribution is -2.38. The van der Waals surface area contributed by atoms with Crippen molar-refractivity contribution in [2.75, 3.05) is 51.3 Å². The number of benzene rings is 1. The molecule has 0 radical (unpaired) electrons. The Morgan fingerprint density at radius 2 is 2.06 bits per heavy atom. The summed E-state index contributed by atoms with van der Waals surface area (Å²) >= 11 is 13.4. The van der Waals surface area contributed by atoms with E-state index >= 15 is 0 Å². The highest BCUT2D eigenvalue weighted by molar-refractivity contribution is 7.22. The maximum Gasteiger partial charge on any atom is 0.275 e. The van der Waals surface area contributed by atoms with Gasteiger partial charge in [-0.05, 0) is 19.1 Å². The molecular weight excluding hydrogens is 515 g/mol. The van der Waals surface area contributed by atoms with Gasteiger partial charge in [0.25, 0.3) is 11.8 Å². The van der Waals surface area contributed by atoms with Crippen LogP contribution in [0.1, 0.15) is 26.5 Å². The first-order valence-electron chi connectivity index (χ1n) is 10.7. The number of carbonyl (C=O) groups excluding carboxylic acids is 2. The zero-order valence-corrected chi connectivity index (χ0v) is 21.1. The van der Waals surface area contributed by atoms with Gasteiger partial charge < -0.3 is 19.8 Å². The lowest BCUT2D eigenvalue weighted by atomic mass is 10.2. The second kappa shape index (κ2) is 11.2. The Morgan fingerprint density at radius 3 is 2.74 bits per heavy atom. The number of aromatic amines is 1. The summed E-state index contributed by atoms with van der Waals surface area (Å²) in [5, 5.41) is 14.7. The maximum atomic E-state index is 12.7. The summed E-state index contributed by atoms with van der Waals surface area (Å²) in [5.74, 6) is -0.494. The molecule has 184 valence electrons. The van der Waals surface area contributed by atoms with Crippen molar-refractivity contribution in [3.63, 3.8) is 0 Å². The number of carbonyl (C=O) groups is 2. The number of nitrogens with zero attached hydrogens (tertiary/aromatic N) is 3. The van der Waals surface area contributed by atoms with Crippen LogP contribution in [-0.4, -0.2) is 72.7 Å². The van der Waals surface area contributed by atoms with Crippen molar-refractivity contribution in [2.45, 2.75) is 6.92 Å². The number of anilines is 1. The number of thiazole rings is 1. The van der Waals surface area contributed by atoms with Crippen molar-refractivity contribution in [1.82, 2.24) is 20.2 Å². The van der Waals surface area contributed by atoms with E-state index in [2.05, 4.69) is 25.5 Å². The summed E-state index contributed by atoms with van der Waals surface area (Å²) < 4.78 is 12.0. The SMILES string of the molecule is Cc1[nH]c(C(=O)Nc2nc3c(OCCN4CCOCC4)cc(C(=O)NCC#N)cc3s2)c(Cl)c1Cl. The molecule has 1 saturated heterocycles. The molecule has 0 bridgehead atoms. The number of halogens is 2. The minimum absolute atomic E-state index is 0.118. The van der Waals surface area contributed by atoms with Crippen molar-refractivity contribution in [2.24, 2.45) is 0 Å². The summed E-state index contributed by atoms with van der Waals surface area (Å²) in [6, 6.07) is 5.12. The van der Waals surface area contributed by atoms with Crippen LogP contribution in [0.3, 0.4) is 0 Å². The highest BCUT2D eigenvalue weighted by Gasteiger charge is 2.21. The third-order valence-corrected chi connectivity index (χ3v) is 7.19. The Labute approximate surface area is 215 Å². The van der Waals surface area contributed by atoms with Crippen LogP contribution >= 0.6 is 34.5 Å². The average molecular weight is 537 g/mol. The van der Waals surface area contributed by atoms with Gasteiger partial charge in [0.2, 0.25) is 0 Å². The Balaban J connectivity index is 1.58. The zero-order valence-electron chi connectivity index (χ0n) is 18.7. The van der Waals surface area contributed by atoms with E-state index in [1.165, 1.54) is 11.3 Å². The van der Waals surface area contributed by atoms with Crippen molar-refractivity contribution >= 4 is 61.7 Å². The number of hydrogen-bond acceptors (Lipinski definition) is 8. The van der Waals surface area contributed by atoms with Crippen LogP contribution in [-0.2, 0) is 4.74 Å². The molecule has 0 aliphatic carbocycles. The minimum Gasteiger partial charge on any atom is -0.490 e. The zero-order chi connectivity index (χ0) is 24.9. The van der Waals surface area contributed by atoms with Gasteiger partial charge in [0.1, 0.15) is 30.1 Å². The molecule has 1 fully saturated rings. The van der Waals surface area contributed by atoms with Crippen LogP contribution < -0.4 is 15.4 Å². The van der Waals surface area contributed by atoms with Gasteiger partial charge >= 0.3 is 0 Å². The fraction of sp³-hybridized carbons (Fsp3) is 0.364. The second-order valence-electron chi connectivity index (χ2n) is 7.69. The molecule has 0 saturated carbocycles. The first-order valence-corrected chi connectivity index (χ1v) is 12.3. The quantitative estimate of drug-likeness (QED) is 0.375. The van der Waals surface area contributed by atoms with Gasteiger partial charge in [0.05, 0.1) is 34.0 Å². The fourth-order valence-corrected chi connectivity index (χ4v) is 4.85. The van der Waals surface area contributed by atoms with Gasteiger partial charge in [-0.25, -0.2) is 4.98 Å². The molecule has 0 unspecified atom stereocenters. The van der Waals surface area contributed by atoms with Gasteiger partial charge in [0, 0.05) is 30.9 Å². The molecule has 3 N–H and O–H groups in total. The Morgan fingerprint density at radius 1 is 1.29 bits per heavy atom. The predicted molar refractivity (Wildman–Crippen MR) is 134 cm³/mol. The standard InChI is InChI=1S/C22H22Cl2N6O4S/c1-12-16(23)17(24)19(27-12)21(32)29-22-28-18-14(34-9-6-30-4-7-33-8-5-30)10-13(11-15(18)35-22)20(31)26-3-2-25/h10-11,27H,3-9H2,1H3,(H,26,31)(H,28,29,32). The molecule has 0 atom stereocenters. The molecule has 1 aliphatic rings. The van der Waals surface area contributed by atoms with E-state index < -0.39 is 11.8 Å². The van der Waals surface area contributed by atoms with Gasteiger partial charge in [0.15, 0.2) is 5.13 Å². The first kappa shape index (κ1) is 25.2. The van der Waals surface area contributed by atoms with Crippen LogP contribution in [0, 0.1) is 18.3 Å². The topological polar surface area (TPSA) is 132 Å². The number of rotatable bonds is 8. The van der Waals surface area contributed by atoms with Gasteiger partial charge in [-0.3, -0.25) is 19.8 Å². The van der Waals surface area contributed by atoms with Crippen LogP contribution in [0.2, 0.25) is 10.0 Å². The molecule has 4 rings (SSSR count). The number of H-pyrrole nitrogens is 1. The molecule has 1 aromatic carbocycles. The molecule has 0 spiro atoms. The summed E-state index contributed by atoms with van der Waals surface area (Å²) in [6.07, 6.45) is 0. The minimum atomic E-state index is -0.495. The van der Waals surface area contributed by atoms with Gasteiger partial charge in [-0.15, -0.1) is 0 Å². The summed E-state index contributed by atoms with van der Waals surface area (Å²) in [4.78, 5) is 34.9. The number of ether oxygens (including phenoxy) is 2. The number of hydrogen-bond donors (Lipinski definition) is 3. The lowest BCUT2D eigenvalue weighted by molar-refractivity contribution is 0.0323. The van der Waals surface area contributed by atoms with Gasteiger partial charge in [-0.2, -0.15) is 5.26 Å². The average Bonchev–Trinajstić information content (AvgIpc) is 3.38. The van der Waals surface area contributed by atoms with Crippen molar-refractivity contribution in [1.29, 1.82) is 5.26 Å². The fourth-order valence-electron chi connectivity index (χ4n) is 3.51. The number of nitrogens with one attached hydrogen (secondary N) is 3. The van der Waals surface area contributed by atoms with E-state index in [4.69, 9.17) is 37.9 Å². The number of nitriles is 1. The molecule has 13 heteroatoms. The highest BCUT2D eigenvalue weighted by atomic mass is 35.5. The largest absolute Gasteiger partial charge is 0.490 e. The third-order valence-electron chi connectivity index (χ3n) is 5.32. The summed E-state index contributed by atoms with van der Waals surface area (Å²) in [6.45, 7) is 5.69. The highest BCUT2D eigenvalue weighted by Crippen LogP contribution is 2.35. The number of fused-ring (bicyclic) bond motifs is 1. The molecule has 2 aromatic heterocycles. The summed E-state index contributed by atoms with van der Waals surface area (Å²) in [5.41, 5.74) is 1.54. The van der Waals surface area contributed by atoms with Crippen LogP contribution in [0.5, 0.6) is 5.75 Å². The Kier molecular flexibility index (Phi) is 8.10. The number of aromatic nitrogens is 2. The molecular formula is C22H22Cl2N6O4S. The van der Waals surface area contributed by atoms with E-state index in [9.17, 15) is 9.59 Å². The smallest absolute Gasteiger partial charge is 0.275 e. The van der Waals surface area contributed by atoms with E-state index in [-0.39, 0.29) is 22.3 Å². The Hall–Kier alpha value is -2.88. The van der Waals surface area contributed by atoms with Crippen LogP contribution in [0.4, 0.5) is 5.13 Å². The number of amides is 2. The van der Waals surface area contributed by atoms with E-state index in [1.54, 1.807) is 19.1 Å². The van der Waals surface area contributed by atoms with Gasteiger partial charge in [-0.1, -0.05) is 34.5 Å². The summed E-state index contributed by atoms with van der Waals surface area (Å²) in [7, 11) is 0. The normalized spacial score (nSPS) is 14.0. The van der Waals surface area contributed by atoms with Crippen molar-refractivity contribution in [3.8, 4) is 11.8 Å². The monoisotopic (exact) mass is 536 g/mol. The van der Waals surface area contributed by atoms with Crippen molar-refractivity contribution in [3.05, 3.63) is 39.1 Å². The number of aryl methyl sites for hydroxylation is 1. The molecule has 1 aliphatic heterocycles. The second-order valence-corrected chi connectivity index (χ2v) is 9.48. The molecule has 3 aromatic rings. The lowest BCUT2D eigenvalue weighted by Gasteiger charge is -2.26. The van der Waals surface area contributed by atoms with E-state index in [1.807, 2.05) is 6.07 Å². The van der Waals surface area contributed by atoms with E-state index in [0.29, 0.717) is 58.7 Å². The van der Waals surface area contributed by atoms with Crippen molar-refractivity contribution < 1.29 is 19.1 Å². The predicted octanol–water partition coefficient (Wildman–Crippen LogP) is 3.46. The molecule has 2 amide bonds. The molecule has 3 heterocycles. The maximum absolute atomic E-state index is 12.7. The molecule has 35 heavy (non-hydrogen) atoms. The molecule has 10 nitrogen and oxygen atoms in total.